The summed E-state index contributed by atoms with van der Waals surface area (Å²) < 4.78 is 6.11. The van der Waals surface area contributed by atoms with E-state index in [1.165, 1.54) is 11.7 Å². The third kappa shape index (κ3) is 3.63. The van der Waals surface area contributed by atoms with Crippen LogP contribution in [0, 0.1) is 0 Å². The second-order valence-corrected chi connectivity index (χ2v) is 6.30. The molecule has 0 amide bonds. The van der Waals surface area contributed by atoms with Crippen LogP contribution in [0.5, 0.6) is 5.75 Å². The van der Waals surface area contributed by atoms with E-state index >= 15 is 0 Å². The van der Waals surface area contributed by atoms with Crippen LogP contribution in [0.15, 0.2) is 67.0 Å². The molecule has 1 aromatic heterocycles. The summed E-state index contributed by atoms with van der Waals surface area (Å²) in [5.74, 6) is 1.47. The Hall–Kier alpha value is -3.05. The lowest BCUT2D eigenvalue weighted by Crippen LogP contribution is -2.05. The van der Waals surface area contributed by atoms with Crippen molar-refractivity contribution >= 4 is 28.3 Å². The maximum absolute atomic E-state index is 6.11. The molecular weight excluding hydrogens is 348 g/mol. The predicted octanol–water partition coefficient (Wildman–Crippen LogP) is 4.80. The van der Waals surface area contributed by atoms with Crippen molar-refractivity contribution in [3.05, 3.63) is 83.1 Å². The largest absolute Gasteiger partial charge is 0.489 e. The fraction of sp³-hybridized carbons (Fsp3) is 0.100. The van der Waals surface area contributed by atoms with Gasteiger partial charge in [-0.2, -0.15) is 5.10 Å². The highest BCUT2D eigenvalue weighted by atomic mass is 35.5. The summed E-state index contributed by atoms with van der Waals surface area (Å²) >= 11 is 5.95. The first-order valence-electron chi connectivity index (χ1n) is 8.27. The Bertz CT molecular complexity index is 1000. The number of H-pyrrole nitrogens is 1. The number of rotatable bonds is 6. The molecule has 130 valence electrons. The minimum absolute atomic E-state index is 0.477. The molecule has 0 atom stereocenters. The minimum Gasteiger partial charge on any atom is -0.489 e. The van der Waals surface area contributed by atoms with Gasteiger partial charge in [0.2, 0.25) is 5.95 Å². The fourth-order valence-electron chi connectivity index (χ4n) is 2.84. The molecule has 26 heavy (non-hydrogen) atoms. The SMILES string of the molecule is Clc1ccc(COc2ccc3ccccc3c2CNc2ncn[nH]2)cc1. The zero-order valence-corrected chi connectivity index (χ0v) is 14.7. The summed E-state index contributed by atoms with van der Waals surface area (Å²) in [7, 11) is 0. The van der Waals surface area contributed by atoms with Crippen molar-refractivity contribution in [3.8, 4) is 5.75 Å². The van der Waals surface area contributed by atoms with Crippen molar-refractivity contribution in [1.82, 2.24) is 15.2 Å². The molecule has 0 aliphatic rings. The number of benzene rings is 3. The van der Waals surface area contributed by atoms with E-state index in [2.05, 4.69) is 38.7 Å². The highest BCUT2D eigenvalue weighted by Crippen LogP contribution is 2.29. The number of fused-ring (bicyclic) bond motifs is 1. The second-order valence-electron chi connectivity index (χ2n) is 5.87. The van der Waals surface area contributed by atoms with E-state index in [0.717, 1.165) is 27.3 Å². The van der Waals surface area contributed by atoms with Crippen LogP contribution in [-0.4, -0.2) is 15.2 Å². The molecule has 0 aliphatic carbocycles. The van der Waals surface area contributed by atoms with Crippen molar-refractivity contribution in [2.75, 3.05) is 5.32 Å². The van der Waals surface area contributed by atoms with E-state index in [0.29, 0.717) is 19.1 Å². The van der Waals surface area contributed by atoms with Gasteiger partial charge in [-0.05, 0) is 34.5 Å². The number of halogens is 1. The maximum atomic E-state index is 6.11. The van der Waals surface area contributed by atoms with E-state index in [1.807, 2.05) is 42.5 Å². The molecule has 0 saturated carbocycles. The number of nitrogens with zero attached hydrogens (tertiary/aromatic N) is 2. The molecule has 0 bridgehead atoms. The summed E-state index contributed by atoms with van der Waals surface area (Å²) in [6.45, 7) is 1.05. The van der Waals surface area contributed by atoms with E-state index in [1.54, 1.807) is 0 Å². The third-order valence-electron chi connectivity index (χ3n) is 4.15. The third-order valence-corrected chi connectivity index (χ3v) is 4.40. The van der Waals surface area contributed by atoms with E-state index in [-0.39, 0.29) is 0 Å². The van der Waals surface area contributed by atoms with E-state index in [9.17, 15) is 0 Å². The number of hydrogen-bond acceptors (Lipinski definition) is 4. The first-order valence-corrected chi connectivity index (χ1v) is 8.64. The molecule has 6 heteroatoms. The van der Waals surface area contributed by atoms with Gasteiger partial charge >= 0.3 is 0 Å². The summed E-state index contributed by atoms with van der Waals surface area (Å²) in [6, 6.07) is 20.0. The van der Waals surface area contributed by atoms with Gasteiger partial charge < -0.3 is 10.1 Å². The van der Waals surface area contributed by atoms with Crippen molar-refractivity contribution in [3.63, 3.8) is 0 Å². The Morgan fingerprint density at radius 3 is 2.65 bits per heavy atom. The molecule has 5 nitrogen and oxygen atoms in total. The van der Waals surface area contributed by atoms with Gasteiger partial charge in [-0.1, -0.05) is 54.1 Å². The van der Waals surface area contributed by atoms with Crippen LogP contribution >= 0.6 is 11.6 Å². The normalized spacial score (nSPS) is 10.8. The van der Waals surface area contributed by atoms with E-state index < -0.39 is 0 Å². The molecular formula is C20H17ClN4O. The number of aromatic amines is 1. The number of aromatic nitrogens is 3. The Balaban J connectivity index is 1.61. The van der Waals surface area contributed by atoms with E-state index in [4.69, 9.17) is 16.3 Å². The lowest BCUT2D eigenvalue weighted by molar-refractivity contribution is 0.304. The van der Waals surface area contributed by atoms with Crippen molar-refractivity contribution in [2.24, 2.45) is 0 Å². The highest BCUT2D eigenvalue weighted by molar-refractivity contribution is 6.30. The van der Waals surface area contributed by atoms with Crippen LogP contribution in [0.3, 0.4) is 0 Å². The van der Waals surface area contributed by atoms with Gasteiger partial charge in [0.05, 0.1) is 0 Å². The average molecular weight is 365 g/mol. The van der Waals surface area contributed by atoms with Crippen molar-refractivity contribution in [2.45, 2.75) is 13.2 Å². The Morgan fingerprint density at radius 1 is 1.00 bits per heavy atom. The topological polar surface area (TPSA) is 62.8 Å². The zero-order chi connectivity index (χ0) is 17.8. The first-order chi connectivity index (χ1) is 12.8. The van der Waals surface area contributed by atoms with Crippen LogP contribution in [0.2, 0.25) is 5.02 Å². The zero-order valence-electron chi connectivity index (χ0n) is 13.9. The lowest BCUT2D eigenvalue weighted by Gasteiger charge is -2.15. The Labute approximate surface area is 156 Å². The van der Waals surface area contributed by atoms with Crippen LogP contribution in [0.25, 0.3) is 10.8 Å². The number of anilines is 1. The second kappa shape index (κ2) is 7.45. The molecule has 2 N–H and O–H groups in total. The molecule has 0 saturated heterocycles. The Morgan fingerprint density at radius 2 is 1.85 bits per heavy atom. The summed E-state index contributed by atoms with van der Waals surface area (Å²) in [4.78, 5) is 4.11. The van der Waals surface area contributed by atoms with Gasteiger partial charge in [-0.25, -0.2) is 10.1 Å². The van der Waals surface area contributed by atoms with Crippen molar-refractivity contribution < 1.29 is 4.74 Å². The van der Waals surface area contributed by atoms with Crippen LogP contribution < -0.4 is 10.1 Å². The molecule has 0 unspecified atom stereocenters. The van der Waals surface area contributed by atoms with Gasteiger partial charge in [-0.15, -0.1) is 0 Å². The first kappa shape index (κ1) is 16.4. The van der Waals surface area contributed by atoms with Gasteiger partial charge in [0.1, 0.15) is 18.7 Å². The number of ether oxygens (including phenoxy) is 1. The van der Waals surface area contributed by atoms with Crippen molar-refractivity contribution in [1.29, 1.82) is 0 Å². The quantitative estimate of drug-likeness (QED) is 0.515. The Kier molecular flexibility index (Phi) is 4.71. The molecule has 4 aromatic rings. The minimum atomic E-state index is 0.477. The molecule has 0 spiro atoms. The standard InChI is InChI=1S/C20H17ClN4O/c21-16-8-5-14(6-9-16)12-26-19-10-7-15-3-1-2-4-17(15)18(19)11-22-20-23-13-24-25-20/h1-10,13H,11-12H2,(H2,22,23,24,25). The molecule has 0 aliphatic heterocycles. The summed E-state index contributed by atoms with van der Waals surface area (Å²) in [6.07, 6.45) is 1.48. The van der Waals surface area contributed by atoms with Crippen LogP contribution in [0.1, 0.15) is 11.1 Å². The molecule has 3 aromatic carbocycles. The smallest absolute Gasteiger partial charge is 0.218 e. The maximum Gasteiger partial charge on any atom is 0.218 e. The molecule has 1 heterocycles. The highest BCUT2D eigenvalue weighted by Gasteiger charge is 2.10. The lowest BCUT2D eigenvalue weighted by atomic mass is 10.0. The number of hydrogen-bond donors (Lipinski definition) is 2. The number of nitrogens with one attached hydrogen (secondary N) is 2. The average Bonchev–Trinajstić information content (AvgIpc) is 3.19. The predicted molar refractivity (Wildman–Crippen MR) is 103 cm³/mol. The van der Waals surface area contributed by atoms with Gasteiger partial charge in [0.15, 0.2) is 0 Å². The monoisotopic (exact) mass is 364 g/mol. The summed E-state index contributed by atoms with van der Waals surface area (Å²) in [5, 5.41) is 13.0. The summed E-state index contributed by atoms with van der Waals surface area (Å²) in [5.41, 5.74) is 2.14. The van der Waals surface area contributed by atoms with Gasteiger partial charge in [0.25, 0.3) is 0 Å². The molecule has 4 rings (SSSR count). The fourth-order valence-corrected chi connectivity index (χ4v) is 2.96. The molecule has 0 fully saturated rings. The van der Waals surface area contributed by atoms with Crippen LogP contribution in [0.4, 0.5) is 5.95 Å². The van der Waals surface area contributed by atoms with Gasteiger partial charge in [-0.3, -0.25) is 0 Å². The molecule has 0 radical (unpaired) electrons. The van der Waals surface area contributed by atoms with Gasteiger partial charge in [0, 0.05) is 17.1 Å². The van der Waals surface area contributed by atoms with Crippen LogP contribution in [-0.2, 0) is 13.2 Å².